The van der Waals surface area contributed by atoms with Crippen molar-refractivity contribution in [2.45, 2.75) is 19.9 Å². The summed E-state index contributed by atoms with van der Waals surface area (Å²) in [4.78, 5) is 12.5. The van der Waals surface area contributed by atoms with Crippen molar-refractivity contribution in [3.63, 3.8) is 0 Å². The van der Waals surface area contributed by atoms with Gasteiger partial charge in [-0.3, -0.25) is 4.79 Å². The Morgan fingerprint density at radius 3 is 2.65 bits per heavy atom. The van der Waals surface area contributed by atoms with Crippen molar-refractivity contribution in [3.8, 4) is 11.3 Å². The largest absolute Gasteiger partial charge is 0.349 e. The van der Waals surface area contributed by atoms with Crippen molar-refractivity contribution >= 4 is 17.4 Å². The van der Waals surface area contributed by atoms with Gasteiger partial charge in [-0.2, -0.15) is 0 Å². The maximum absolute atomic E-state index is 11.9. The molecule has 2 rings (SSSR count). The first-order valence-corrected chi connectivity index (χ1v) is 6.14. The zero-order valence-electron chi connectivity index (χ0n) is 9.68. The molecular weight excluding hydrogens is 234 g/mol. The molecule has 0 aliphatic carbocycles. The monoisotopic (exact) mass is 247 g/mol. The van der Waals surface area contributed by atoms with E-state index >= 15 is 0 Å². The van der Waals surface area contributed by atoms with Gasteiger partial charge in [-0.15, -0.1) is 5.10 Å². The van der Waals surface area contributed by atoms with Crippen molar-refractivity contribution in [3.05, 3.63) is 35.2 Å². The summed E-state index contributed by atoms with van der Waals surface area (Å²) in [6, 6.07) is 9.70. The van der Waals surface area contributed by atoms with Crippen LogP contribution in [-0.4, -0.2) is 21.5 Å². The van der Waals surface area contributed by atoms with Crippen LogP contribution >= 0.6 is 11.5 Å². The van der Waals surface area contributed by atoms with E-state index < -0.39 is 0 Å². The molecule has 0 saturated carbocycles. The van der Waals surface area contributed by atoms with Gasteiger partial charge in [-0.25, -0.2) is 0 Å². The highest BCUT2D eigenvalue weighted by molar-refractivity contribution is 7.08. The van der Waals surface area contributed by atoms with Crippen LogP contribution in [0.15, 0.2) is 30.3 Å². The molecule has 0 aliphatic rings. The van der Waals surface area contributed by atoms with Gasteiger partial charge < -0.3 is 5.32 Å². The Balaban J connectivity index is 2.32. The van der Waals surface area contributed by atoms with Crippen LogP contribution < -0.4 is 5.32 Å². The van der Waals surface area contributed by atoms with Gasteiger partial charge in [0, 0.05) is 11.6 Å². The summed E-state index contributed by atoms with van der Waals surface area (Å²) in [5, 5.41) is 6.87. The summed E-state index contributed by atoms with van der Waals surface area (Å²) >= 11 is 1.12. The van der Waals surface area contributed by atoms with E-state index in [1.165, 1.54) is 0 Å². The first-order chi connectivity index (χ1) is 8.18. The van der Waals surface area contributed by atoms with Gasteiger partial charge in [0.2, 0.25) is 0 Å². The number of carbonyl (C=O) groups excluding carboxylic acids is 1. The lowest BCUT2D eigenvalue weighted by Gasteiger charge is -2.07. The maximum atomic E-state index is 11.9. The van der Waals surface area contributed by atoms with E-state index in [4.69, 9.17) is 0 Å². The van der Waals surface area contributed by atoms with Gasteiger partial charge in [-0.1, -0.05) is 34.8 Å². The standard InChI is InChI=1S/C12H13N3OS/c1-8(2)13-12(16)11-10(14-15-17-11)9-6-4-3-5-7-9/h3-8H,1-2H3,(H,13,16). The molecule has 0 atom stereocenters. The maximum Gasteiger partial charge on any atom is 0.265 e. The number of carbonyl (C=O) groups is 1. The highest BCUT2D eigenvalue weighted by Crippen LogP contribution is 2.23. The van der Waals surface area contributed by atoms with Gasteiger partial charge in [0.25, 0.3) is 5.91 Å². The number of hydrogen-bond acceptors (Lipinski definition) is 4. The van der Waals surface area contributed by atoms with Crippen molar-refractivity contribution in [2.75, 3.05) is 0 Å². The Labute approximate surface area is 104 Å². The number of amides is 1. The minimum atomic E-state index is -0.117. The van der Waals surface area contributed by atoms with Crippen LogP contribution in [0.5, 0.6) is 0 Å². The van der Waals surface area contributed by atoms with Gasteiger partial charge in [0.15, 0.2) is 0 Å². The second-order valence-corrected chi connectivity index (χ2v) is 4.70. The fourth-order valence-electron chi connectivity index (χ4n) is 1.45. The average molecular weight is 247 g/mol. The second-order valence-electron chi connectivity index (χ2n) is 3.94. The zero-order chi connectivity index (χ0) is 12.3. The molecule has 0 aliphatic heterocycles. The second kappa shape index (κ2) is 5.05. The van der Waals surface area contributed by atoms with Crippen molar-refractivity contribution < 1.29 is 4.79 Å². The molecule has 4 nitrogen and oxygen atoms in total. The predicted molar refractivity (Wildman–Crippen MR) is 67.9 cm³/mol. The van der Waals surface area contributed by atoms with Gasteiger partial charge in [0.05, 0.1) is 0 Å². The van der Waals surface area contributed by atoms with Crippen LogP contribution in [0, 0.1) is 0 Å². The SMILES string of the molecule is CC(C)NC(=O)c1snnc1-c1ccccc1. The summed E-state index contributed by atoms with van der Waals surface area (Å²) in [6.45, 7) is 3.85. The number of aromatic nitrogens is 2. The summed E-state index contributed by atoms with van der Waals surface area (Å²) in [7, 11) is 0. The number of nitrogens with one attached hydrogen (secondary N) is 1. The van der Waals surface area contributed by atoms with Crippen LogP contribution in [0.25, 0.3) is 11.3 Å². The van der Waals surface area contributed by atoms with E-state index in [0.29, 0.717) is 10.6 Å². The molecular formula is C12H13N3OS. The smallest absolute Gasteiger partial charge is 0.265 e. The van der Waals surface area contributed by atoms with Gasteiger partial charge >= 0.3 is 0 Å². The first kappa shape index (κ1) is 11.7. The summed E-state index contributed by atoms with van der Waals surface area (Å²) in [5.74, 6) is -0.117. The molecule has 0 fully saturated rings. The average Bonchev–Trinajstić information content (AvgIpc) is 2.78. The van der Waals surface area contributed by atoms with Crippen molar-refractivity contribution in [1.82, 2.24) is 14.9 Å². The van der Waals surface area contributed by atoms with E-state index in [1.54, 1.807) is 0 Å². The molecule has 2 aromatic rings. The number of benzene rings is 1. The van der Waals surface area contributed by atoms with Crippen molar-refractivity contribution in [2.24, 2.45) is 0 Å². The van der Waals surface area contributed by atoms with Gasteiger partial charge in [0.1, 0.15) is 10.6 Å². The van der Waals surface area contributed by atoms with E-state index in [0.717, 1.165) is 17.1 Å². The predicted octanol–water partition coefficient (Wildman–Crippen LogP) is 2.34. The van der Waals surface area contributed by atoms with Crippen LogP contribution in [-0.2, 0) is 0 Å². The van der Waals surface area contributed by atoms with Gasteiger partial charge in [-0.05, 0) is 25.4 Å². The Morgan fingerprint density at radius 1 is 1.29 bits per heavy atom. The number of hydrogen-bond donors (Lipinski definition) is 1. The lowest BCUT2D eigenvalue weighted by molar-refractivity contribution is 0.0947. The molecule has 17 heavy (non-hydrogen) atoms. The summed E-state index contributed by atoms with van der Waals surface area (Å²) in [5.41, 5.74) is 1.56. The lowest BCUT2D eigenvalue weighted by atomic mass is 10.1. The molecule has 1 amide bonds. The minimum Gasteiger partial charge on any atom is -0.349 e. The Bertz CT molecular complexity index is 507. The molecule has 1 N–H and O–H groups in total. The topological polar surface area (TPSA) is 54.9 Å². The third kappa shape index (κ3) is 2.68. The first-order valence-electron chi connectivity index (χ1n) is 5.37. The quantitative estimate of drug-likeness (QED) is 0.905. The number of nitrogens with zero attached hydrogens (tertiary/aromatic N) is 2. The highest BCUT2D eigenvalue weighted by atomic mass is 32.1. The fourth-order valence-corrected chi connectivity index (χ4v) is 2.04. The van der Waals surface area contributed by atoms with E-state index in [2.05, 4.69) is 14.9 Å². The van der Waals surface area contributed by atoms with Crippen LogP contribution in [0.3, 0.4) is 0 Å². The lowest BCUT2D eigenvalue weighted by Crippen LogP contribution is -2.29. The highest BCUT2D eigenvalue weighted by Gasteiger charge is 2.17. The molecule has 1 aromatic heterocycles. The number of rotatable bonds is 3. The third-order valence-electron chi connectivity index (χ3n) is 2.16. The van der Waals surface area contributed by atoms with Crippen LogP contribution in [0.4, 0.5) is 0 Å². The third-order valence-corrected chi connectivity index (χ3v) is 2.89. The minimum absolute atomic E-state index is 0.105. The zero-order valence-corrected chi connectivity index (χ0v) is 10.5. The molecule has 1 heterocycles. The molecule has 88 valence electrons. The molecule has 0 unspecified atom stereocenters. The molecule has 0 saturated heterocycles. The molecule has 5 heteroatoms. The molecule has 1 aromatic carbocycles. The molecule has 0 spiro atoms. The molecule has 0 radical (unpaired) electrons. The fraction of sp³-hybridized carbons (Fsp3) is 0.250. The van der Waals surface area contributed by atoms with Crippen molar-refractivity contribution in [1.29, 1.82) is 0 Å². The Hall–Kier alpha value is -1.75. The van der Waals surface area contributed by atoms with E-state index in [-0.39, 0.29) is 11.9 Å². The summed E-state index contributed by atoms with van der Waals surface area (Å²) in [6.07, 6.45) is 0. The summed E-state index contributed by atoms with van der Waals surface area (Å²) < 4.78 is 3.86. The van der Waals surface area contributed by atoms with Crippen LogP contribution in [0.1, 0.15) is 23.5 Å². The normalized spacial score (nSPS) is 10.5. The molecule has 0 bridgehead atoms. The van der Waals surface area contributed by atoms with E-state index in [1.807, 2.05) is 44.2 Å². The Morgan fingerprint density at radius 2 is 2.00 bits per heavy atom. The Kier molecular flexibility index (Phi) is 3.49. The van der Waals surface area contributed by atoms with Crippen LogP contribution in [0.2, 0.25) is 0 Å². The van der Waals surface area contributed by atoms with E-state index in [9.17, 15) is 4.79 Å².